The van der Waals surface area contributed by atoms with Gasteiger partial charge in [0.05, 0.1) is 12.2 Å². The minimum absolute atomic E-state index is 0.0694. The van der Waals surface area contributed by atoms with Crippen molar-refractivity contribution in [1.82, 2.24) is 0 Å². The molecule has 0 fully saturated rings. The van der Waals surface area contributed by atoms with Crippen LogP contribution in [-0.2, 0) is 6.61 Å². The van der Waals surface area contributed by atoms with Crippen LogP contribution < -0.4 is 0 Å². The Morgan fingerprint density at radius 2 is 1.90 bits per heavy atom. The van der Waals surface area contributed by atoms with Crippen LogP contribution in [0.5, 0.6) is 0 Å². The molecular weight excluding hydrogens is 276 g/mol. The van der Waals surface area contributed by atoms with Crippen LogP contribution in [0, 0.1) is 0 Å². The summed E-state index contributed by atoms with van der Waals surface area (Å²) < 4.78 is 0. The zero-order valence-corrected chi connectivity index (χ0v) is 11.8. The van der Waals surface area contributed by atoms with E-state index in [4.69, 9.17) is 16.7 Å². The molecule has 0 amide bonds. The normalized spacial score (nSPS) is 12.2. The zero-order chi connectivity index (χ0) is 14.7. The van der Waals surface area contributed by atoms with Crippen molar-refractivity contribution in [2.24, 2.45) is 0 Å². The summed E-state index contributed by atoms with van der Waals surface area (Å²) >= 11 is 6.23. The van der Waals surface area contributed by atoms with Gasteiger partial charge in [0.2, 0.25) is 0 Å². The molecule has 0 aliphatic rings. The Kier molecular flexibility index (Phi) is 4.42. The van der Waals surface area contributed by atoms with Gasteiger partial charge < -0.3 is 10.2 Å². The van der Waals surface area contributed by atoms with Gasteiger partial charge in [0.25, 0.3) is 0 Å². The van der Waals surface area contributed by atoms with E-state index >= 15 is 0 Å². The molecule has 0 bridgehead atoms. The van der Waals surface area contributed by atoms with E-state index < -0.39 is 5.97 Å². The van der Waals surface area contributed by atoms with Crippen molar-refractivity contribution in [2.45, 2.75) is 19.4 Å². The molecule has 0 spiro atoms. The fourth-order valence-electron chi connectivity index (χ4n) is 2.26. The molecule has 0 aliphatic heterocycles. The van der Waals surface area contributed by atoms with Crippen molar-refractivity contribution in [2.75, 3.05) is 0 Å². The highest BCUT2D eigenvalue weighted by atomic mass is 35.5. The molecule has 0 radical (unpaired) electrons. The predicted octanol–water partition coefficient (Wildman–Crippen LogP) is 3.68. The van der Waals surface area contributed by atoms with Crippen LogP contribution in [0.4, 0.5) is 0 Å². The molecule has 0 saturated carbocycles. The molecule has 3 nitrogen and oxygen atoms in total. The van der Waals surface area contributed by atoms with Gasteiger partial charge >= 0.3 is 5.97 Å². The number of aliphatic hydroxyl groups excluding tert-OH is 1. The van der Waals surface area contributed by atoms with Gasteiger partial charge in [-0.05, 0) is 28.8 Å². The lowest BCUT2D eigenvalue weighted by molar-refractivity contribution is 0.0695. The lowest BCUT2D eigenvalue weighted by atomic mass is 9.89. The number of aliphatic hydroxyl groups is 1. The SMILES string of the molecule is CC(c1ccc(CO)cc1Cl)c1ccccc1C(=O)O. The van der Waals surface area contributed by atoms with Crippen LogP contribution in [0.2, 0.25) is 5.02 Å². The molecule has 0 aliphatic carbocycles. The number of hydrogen-bond acceptors (Lipinski definition) is 2. The quantitative estimate of drug-likeness (QED) is 0.903. The number of halogens is 1. The van der Waals surface area contributed by atoms with Gasteiger partial charge in [-0.15, -0.1) is 0 Å². The van der Waals surface area contributed by atoms with E-state index in [1.165, 1.54) is 0 Å². The summed E-state index contributed by atoms with van der Waals surface area (Å²) in [5.74, 6) is -1.09. The van der Waals surface area contributed by atoms with E-state index in [0.29, 0.717) is 5.02 Å². The maximum Gasteiger partial charge on any atom is 0.335 e. The van der Waals surface area contributed by atoms with E-state index in [-0.39, 0.29) is 18.1 Å². The molecule has 104 valence electrons. The molecule has 2 N–H and O–H groups in total. The fourth-order valence-corrected chi connectivity index (χ4v) is 2.62. The van der Waals surface area contributed by atoms with E-state index in [1.807, 2.05) is 19.1 Å². The molecule has 1 atom stereocenters. The molecule has 0 aromatic heterocycles. The van der Waals surface area contributed by atoms with E-state index in [0.717, 1.165) is 16.7 Å². The number of benzene rings is 2. The Labute approximate surface area is 122 Å². The maximum atomic E-state index is 11.3. The van der Waals surface area contributed by atoms with E-state index in [9.17, 15) is 9.90 Å². The Hall–Kier alpha value is -1.84. The molecule has 4 heteroatoms. The third-order valence-corrected chi connectivity index (χ3v) is 3.70. The second kappa shape index (κ2) is 6.07. The van der Waals surface area contributed by atoms with Crippen LogP contribution in [0.15, 0.2) is 42.5 Å². The average molecular weight is 291 g/mol. The van der Waals surface area contributed by atoms with Gasteiger partial charge in [0.15, 0.2) is 0 Å². The summed E-state index contributed by atoms with van der Waals surface area (Å²) in [4.78, 5) is 11.3. The largest absolute Gasteiger partial charge is 0.478 e. The molecule has 1 unspecified atom stereocenters. The molecule has 2 rings (SSSR count). The van der Waals surface area contributed by atoms with Crippen molar-refractivity contribution in [3.05, 3.63) is 69.7 Å². The first kappa shape index (κ1) is 14.6. The monoisotopic (exact) mass is 290 g/mol. The highest BCUT2D eigenvalue weighted by Crippen LogP contribution is 2.32. The first-order valence-corrected chi connectivity index (χ1v) is 6.63. The van der Waals surface area contributed by atoms with Crippen molar-refractivity contribution in [3.8, 4) is 0 Å². The summed E-state index contributed by atoms with van der Waals surface area (Å²) in [6.07, 6.45) is 0. The van der Waals surface area contributed by atoms with Crippen LogP contribution in [0.25, 0.3) is 0 Å². The van der Waals surface area contributed by atoms with Crippen molar-refractivity contribution >= 4 is 17.6 Å². The van der Waals surface area contributed by atoms with Gasteiger partial charge in [0, 0.05) is 10.9 Å². The number of aromatic carboxylic acids is 1. The molecule has 0 saturated heterocycles. The summed E-state index contributed by atoms with van der Waals surface area (Å²) in [5, 5.41) is 18.9. The maximum absolute atomic E-state index is 11.3. The smallest absolute Gasteiger partial charge is 0.335 e. The van der Waals surface area contributed by atoms with Crippen LogP contribution in [-0.4, -0.2) is 16.2 Å². The summed E-state index contributed by atoms with van der Waals surface area (Å²) in [6, 6.07) is 12.2. The second-order valence-electron chi connectivity index (χ2n) is 4.63. The van der Waals surface area contributed by atoms with Crippen LogP contribution >= 0.6 is 11.6 Å². The molecule has 0 heterocycles. The molecule has 2 aromatic carbocycles. The fraction of sp³-hybridized carbons (Fsp3) is 0.188. The number of carbonyl (C=O) groups is 1. The van der Waals surface area contributed by atoms with Gasteiger partial charge in [-0.1, -0.05) is 48.9 Å². The highest BCUT2D eigenvalue weighted by molar-refractivity contribution is 6.31. The van der Waals surface area contributed by atoms with Crippen LogP contribution in [0.3, 0.4) is 0 Å². The first-order valence-electron chi connectivity index (χ1n) is 6.26. The van der Waals surface area contributed by atoms with Gasteiger partial charge in [-0.25, -0.2) is 4.79 Å². The third kappa shape index (κ3) is 2.84. The van der Waals surface area contributed by atoms with Crippen molar-refractivity contribution < 1.29 is 15.0 Å². The zero-order valence-electron chi connectivity index (χ0n) is 11.0. The molecular formula is C16H15ClO3. The molecule has 20 heavy (non-hydrogen) atoms. The summed E-state index contributed by atoms with van der Waals surface area (Å²) in [6.45, 7) is 1.85. The van der Waals surface area contributed by atoms with E-state index in [2.05, 4.69) is 0 Å². The Morgan fingerprint density at radius 3 is 2.50 bits per heavy atom. The first-order chi connectivity index (χ1) is 9.54. The predicted molar refractivity (Wildman–Crippen MR) is 78.3 cm³/mol. The van der Waals surface area contributed by atoms with Crippen LogP contribution in [0.1, 0.15) is 39.9 Å². The topological polar surface area (TPSA) is 57.5 Å². The van der Waals surface area contributed by atoms with Gasteiger partial charge in [-0.2, -0.15) is 0 Å². The van der Waals surface area contributed by atoms with Crippen molar-refractivity contribution in [1.29, 1.82) is 0 Å². The van der Waals surface area contributed by atoms with Gasteiger partial charge in [-0.3, -0.25) is 0 Å². The Balaban J connectivity index is 2.46. The lowest BCUT2D eigenvalue weighted by Gasteiger charge is -2.17. The number of hydrogen-bond donors (Lipinski definition) is 2. The number of carboxylic acid groups (broad SMARTS) is 1. The lowest BCUT2D eigenvalue weighted by Crippen LogP contribution is -2.06. The Morgan fingerprint density at radius 1 is 1.20 bits per heavy atom. The minimum Gasteiger partial charge on any atom is -0.478 e. The highest BCUT2D eigenvalue weighted by Gasteiger charge is 2.18. The minimum atomic E-state index is -0.949. The van der Waals surface area contributed by atoms with E-state index in [1.54, 1.807) is 30.3 Å². The molecule has 2 aromatic rings. The summed E-state index contributed by atoms with van der Waals surface area (Å²) in [7, 11) is 0. The Bertz CT molecular complexity index is 637. The van der Waals surface area contributed by atoms with Gasteiger partial charge in [0.1, 0.15) is 0 Å². The second-order valence-corrected chi connectivity index (χ2v) is 5.04. The third-order valence-electron chi connectivity index (χ3n) is 3.37. The number of carboxylic acids is 1. The standard InChI is InChI=1S/C16H15ClO3/c1-10(12-4-2-3-5-14(12)16(19)20)13-7-6-11(9-18)8-15(13)17/h2-8,10,18H,9H2,1H3,(H,19,20). The average Bonchev–Trinajstić information content (AvgIpc) is 2.46. The van der Waals surface area contributed by atoms with Crippen molar-refractivity contribution in [3.63, 3.8) is 0 Å². The summed E-state index contributed by atoms with van der Waals surface area (Å²) in [5.41, 5.74) is 2.58. The number of rotatable bonds is 4.